The molecule has 0 atom stereocenters. The van der Waals surface area contributed by atoms with Crippen molar-refractivity contribution in [2.45, 2.75) is 64.2 Å². The average Bonchev–Trinajstić information content (AvgIpc) is 2.88. The summed E-state index contributed by atoms with van der Waals surface area (Å²) < 4.78 is 0. The SMILES string of the molecule is O=C(NCCCCCCNC(=O)c1ccncc1)c1ccncc1.O=C(O)CCCCCCC(=O)O. The smallest absolute Gasteiger partial charge is 0.303 e. The lowest BCUT2D eigenvalue weighted by atomic mass is 10.1. The van der Waals surface area contributed by atoms with E-state index in [1.165, 1.54) is 0 Å². The molecular formula is C26H36N4O6. The Morgan fingerprint density at radius 2 is 0.889 bits per heavy atom. The zero-order chi connectivity index (χ0) is 26.4. The second-order valence-corrected chi connectivity index (χ2v) is 8.10. The summed E-state index contributed by atoms with van der Waals surface area (Å²) in [5, 5.41) is 22.3. The van der Waals surface area contributed by atoms with E-state index >= 15 is 0 Å². The van der Waals surface area contributed by atoms with E-state index in [4.69, 9.17) is 10.2 Å². The third-order valence-corrected chi connectivity index (χ3v) is 5.09. The van der Waals surface area contributed by atoms with Gasteiger partial charge in [0.05, 0.1) is 0 Å². The van der Waals surface area contributed by atoms with Gasteiger partial charge in [0, 0.05) is 61.8 Å². The molecule has 0 unspecified atom stereocenters. The Morgan fingerprint density at radius 1 is 0.556 bits per heavy atom. The van der Waals surface area contributed by atoms with E-state index in [1.54, 1.807) is 49.1 Å². The molecule has 0 aliphatic carbocycles. The number of carboxylic acids is 2. The highest BCUT2D eigenvalue weighted by atomic mass is 16.4. The number of nitrogens with zero attached hydrogens (tertiary/aromatic N) is 2. The van der Waals surface area contributed by atoms with Crippen LogP contribution in [0.15, 0.2) is 49.1 Å². The Balaban J connectivity index is 0.000000457. The third-order valence-electron chi connectivity index (χ3n) is 5.09. The monoisotopic (exact) mass is 500 g/mol. The molecule has 0 spiro atoms. The van der Waals surface area contributed by atoms with Crippen LogP contribution in [0, 0.1) is 0 Å². The Bertz CT molecular complexity index is 834. The molecule has 2 rings (SSSR count). The Labute approximate surface area is 211 Å². The van der Waals surface area contributed by atoms with Crippen LogP contribution >= 0.6 is 0 Å². The van der Waals surface area contributed by atoms with E-state index in [0.29, 0.717) is 37.1 Å². The Morgan fingerprint density at radius 3 is 1.22 bits per heavy atom. The van der Waals surface area contributed by atoms with E-state index in [0.717, 1.165) is 38.5 Å². The lowest BCUT2D eigenvalue weighted by Gasteiger charge is -2.06. The molecule has 0 fully saturated rings. The number of carbonyl (C=O) groups is 4. The fourth-order valence-corrected chi connectivity index (χ4v) is 3.12. The van der Waals surface area contributed by atoms with E-state index in [2.05, 4.69) is 20.6 Å². The van der Waals surface area contributed by atoms with Crippen molar-refractivity contribution in [3.05, 3.63) is 60.2 Å². The predicted octanol–water partition coefficient (Wildman–Crippen LogP) is 3.69. The molecule has 2 amide bonds. The van der Waals surface area contributed by atoms with Gasteiger partial charge in [0.2, 0.25) is 0 Å². The summed E-state index contributed by atoms with van der Waals surface area (Å²) in [4.78, 5) is 51.5. The standard InChI is InChI=1S/C18H22N4O2.C8H14O4/c23-17(15-5-11-19-12-6-15)21-9-3-1-2-4-10-22-18(24)16-7-13-20-14-8-16;9-7(10)5-3-1-2-4-6-8(11)12/h5-8,11-14H,1-4,9-10H2,(H,21,23)(H,22,24);1-6H2,(H,9,10)(H,11,12). The maximum Gasteiger partial charge on any atom is 0.303 e. The van der Waals surface area contributed by atoms with Gasteiger partial charge in [-0.3, -0.25) is 29.1 Å². The number of hydrogen-bond acceptors (Lipinski definition) is 6. The van der Waals surface area contributed by atoms with Crippen molar-refractivity contribution in [2.75, 3.05) is 13.1 Å². The van der Waals surface area contributed by atoms with Gasteiger partial charge in [0.25, 0.3) is 11.8 Å². The van der Waals surface area contributed by atoms with Crippen LogP contribution < -0.4 is 10.6 Å². The number of carboxylic acid groups (broad SMARTS) is 2. The van der Waals surface area contributed by atoms with Gasteiger partial charge in [-0.2, -0.15) is 0 Å². The average molecular weight is 501 g/mol. The first-order valence-corrected chi connectivity index (χ1v) is 12.2. The largest absolute Gasteiger partial charge is 0.481 e. The Hall–Kier alpha value is -3.82. The molecule has 0 radical (unpaired) electrons. The molecule has 4 N–H and O–H groups in total. The zero-order valence-electron chi connectivity index (χ0n) is 20.5. The highest BCUT2D eigenvalue weighted by Crippen LogP contribution is 2.05. The normalized spacial score (nSPS) is 10.0. The molecule has 10 nitrogen and oxygen atoms in total. The minimum Gasteiger partial charge on any atom is -0.481 e. The number of carbonyl (C=O) groups excluding carboxylic acids is 2. The maximum absolute atomic E-state index is 11.8. The second-order valence-electron chi connectivity index (χ2n) is 8.10. The lowest BCUT2D eigenvalue weighted by Crippen LogP contribution is -2.25. The molecule has 36 heavy (non-hydrogen) atoms. The summed E-state index contributed by atoms with van der Waals surface area (Å²) in [5.74, 6) is -1.70. The molecular weight excluding hydrogens is 464 g/mol. The van der Waals surface area contributed by atoms with Crippen molar-refractivity contribution >= 4 is 23.8 Å². The minimum absolute atomic E-state index is 0.0676. The van der Waals surface area contributed by atoms with Crippen molar-refractivity contribution in [1.29, 1.82) is 0 Å². The molecule has 2 aromatic rings. The van der Waals surface area contributed by atoms with Crippen LogP contribution in [0.4, 0.5) is 0 Å². The molecule has 0 saturated carbocycles. The van der Waals surface area contributed by atoms with Crippen LogP contribution in [0.25, 0.3) is 0 Å². The molecule has 0 aliphatic heterocycles. The zero-order valence-corrected chi connectivity index (χ0v) is 20.5. The van der Waals surface area contributed by atoms with Gasteiger partial charge in [-0.25, -0.2) is 0 Å². The van der Waals surface area contributed by atoms with Crippen molar-refractivity contribution in [3.63, 3.8) is 0 Å². The molecule has 0 aliphatic rings. The van der Waals surface area contributed by atoms with Gasteiger partial charge >= 0.3 is 11.9 Å². The van der Waals surface area contributed by atoms with Crippen LogP contribution in [0.3, 0.4) is 0 Å². The van der Waals surface area contributed by atoms with E-state index in [9.17, 15) is 19.2 Å². The van der Waals surface area contributed by atoms with E-state index in [-0.39, 0.29) is 24.7 Å². The first-order valence-electron chi connectivity index (χ1n) is 12.2. The van der Waals surface area contributed by atoms with Crippen molar-refractivity contribution in [1.82, 2.24) is 20.6 Å². The topological polar surface area (TPSA) is 159 Å². The number of unbranched alkanes of at least 4 members (excludes halogenated alkanes) is 6. The van der Waals surface area contributed by atoms with Gasteiger partial charge in [-0.1, -0.05) is 25.7 Å². The second kappa shape index (κ2) is 19.5. The molecule has 0 aromatic carbocycles. The Kier molecular flexibility index (Phi) is 16.3. The van der Waals surface area contributed by atoms with Crippen LogP contribution in [0.5, 0.6) is 0 Å². The lowest BCUT2D eigenvalue weighted by molar-refractivity contribution is -0.138. The fraction of sp³-hybridized carbons (Fsp3) is 0.462. The summed E-state index contributed by atoms with van der Waals surface area (Å²) in [7, 11) is 0. The van der Waals surface area contributed by atoms with Crippen LogP contribution in [0.2, 0.25) is 0 Å². The van der Waals surface area contributed by atoms with Gasteiger partial charge in [0.1, 0.15) is 0 Å². The van der Waals surface area contributed by atoms with Crippen molar-refractivity contribution in [3.8, 4) is 0 Å². The highest BCUT2D eigenvalue weighted by Gasteiger charge is 2.04. The number of pyridine rings is 2. The number of aromatic nitrogens is 2. The maximum atomic E-state index is 11.8. The predicted molar refractivity (Wildman–Crippen MR) is 135 cm³/mol. The van der Waals surface area contributed by atoms with Crippen molar-refractivity contribution in [2.24, 2.45) is 0 Å². The molecule has 0 bridgehead atoms. The molecule has 10 heteroatoms. The van der Waals surface area contributed by atoms with Crippen molar-refractivity contribution < 1.29 is 29.4 Å². The highest BCUT2D eigenvalue weighted by molar-refractivity contribution is 5.94. The van der Waals surface area contributed by atoms with Crippen LogP contribution in [-0.2, 0) is 9.59 Å². The van der Waals surface area contributed by atoms with Gasteiger partial charge in [-0.05, 0) is 49.9 Å². The number of rotatable bonds is 16. The molecule has 0 saturated heterocycles. The first-order chi connectivity index (χ1) is 17.4. The van der Waals surface area contributed by atoms with Gasteiger partial charge in [-0.15, -0.1) is 0 Å². The van der Waals surface area contributed by atoms with Gasteiger partial charge in [0.15, 0.2) is 0 Å². The third kappa shape index (κ3) is 15.9. The van der Waals surface area contributed by atoms with E-state index < -0.39 is 11.9 Å². The summed E-state index contributed by atoms with van der Waals surface area (Å²) in [6.07, 6.45) is 13.6. The quantitative estimate of drug-likeness (QED) is 0.254. The summed E-state index contributed by atoms with van der Waals surface area (Å²) in [6.45, 7) is 1.31. The molecule has 196 valence electrons. The molecule has 2 heterocycles. The van der Waals surface area contributed by atoms with Crippen LogP contribution in [-0.4, -0.2) is 57.0 Å². The number of aliphatic carboxylic acids is 2. The number of amides is 2. The van der Waals surface area contributed by atoms with E-state index in [1.807, 2.05) is 0 Å². The summed E-state index contributed by atoms with van der Waals surface area (Å²) in [6, 6.07) is 6.78. The van der Waals surface area contributed by atoms with Gasteiger partial charge < -0.3 is 20.8 Å². The number of nitrogens with one attached hydrogen (secondary N) is 2. The van der Waals surface area contributed by atoms with Crippen LogP contribution in [0.1, 0.15) is 84.9 Å². The first kappa shape index (κ1) is 30.2. The summed E-state index contributed by atoms with van der Waals surface area (Å²) >= 11 is 0. The minimum atomic E-state index is -0.784. The molecule has 2 aromatic heterocycles. The summed E-state index contributed by atoms with van der Waals surface area (Å²) in [5.41, 5.74) is 1.26. The fourth-order valence-electron chi connectivity index (χ4n) is 3.12. The number of hydrogen-bond donors (Lipinski definition) is 4.